The third-order valence-electron chi connectivity index (χ3n) is 1.52. The van der Waals surface area contributed by atoms with E-state index >= 15 is 0 Å². The molecule has 0 aliphatic carbocycles. The normalized spacial score (nSPS) is 17.7. The summed E-state index contributed by atoms with van der Waals surface area (Å²) in [4.78, 5) is 10.1. The smallest absolute Gasteiger partial charge is 0.431 e. The molecule has 0 rings (SSSR count). The fourth-order valence-electron chi connectivity index (χ4n) is 0.645. The number of alkyl halides is 6. The zero-order valence-electron chi connectivity index (χ0n) is 7.28. The van der Waals surface area contributed by atoms with E-state index in [2.05, 4.69) is 0 Å². The highest BCUT2D eigenvalue weighted by molar-refractivity contribution is 5.86. The van der Waals surface area contributed by atoms with Gasteiger partial charge in [-0.2, -0.15) is 13.2 Å². The minimum atomic E-state index is -5.86. The summed E-state index contributed by atoms with van der Waals surface area (Å²) in [5, 5.41) is 8.15. The Morgan fingerprint density at radius 2 is 1.67 bits per heavy atom. The van der Waals surface area contributed by atoms with Crippen LogP contribution in [0.2, 0.25) is 0 Å². The van der Waals surface area contributed by atoms with Gasteiger partial charge in [-0.05, 0) is 13.0 Å². The molecule has 0 aromatic rings. The Bertz CT molecular complexity index is 282. The SMILES string of the molecule is C/C(=C\C(F)(C(F)F)C(F)(F)F)C(=O)O. The minimum absolute atomic E-state index is 0.588. The van der Waals surface area contributed by atoms with E-state index in [9.17, 15) is 31.1 Å². The average Bonchev–Trinajstić information content (AvgIpc) is 2.01. The van der Waals surface area contributed by atoms with Crippen molar-refractivity contribution in [2.24, 2.45) is 0 Å². The second kappa shape index (κ2) is 4.11. The maximum atomic E-state index is 12.8. The monoisotopic (exact) mass is 236 g/mol. The van der Waals surface area contributed by atoms with Crippen molar-refractivity contribution < 1.29 is 36.2 Å². The van der Waals surface area contributed by atoms with E-state index in [1.807, 2.05) is 0 Å². The van der Waals surface area contributed by atoms with E-state index in [1.165, 1.54) is 0 Å². The lowest BCUT2D eigenvalue weighted by Crippen LogP contribution is -2.46. The lowest BCUT2D eigenvalue weighted by atomic mass is 10.0. The van der Waals surface area contributed by atoms with Gasteiger partial charge >= 0.3 is 12.1 Å². The molecule has 0 saturated carbocycles. The summed E-state index contributed by atoms with van der Waals surface area (Å²) in [5.41, 5.74) is -6.08. The van der Waals surface area contributed by atoms with Crippen molar-refractivity contribution in [3.8, 4) is 0 Å². The van der Waals surface area contributed by atoms with Crippen LogP contribution in [0.5, 0.6) is 0 Å². The van der Waals surface area contributed by atoms with E-state index in [-0.39, 0.29) is 0 Å². The first kappa shape index (κ1) is 13.8. The number of allylic oxidation sites excluding steroid dienone is 1. The molecule has 0 aliphatic heterocycles. The van der Waals surface area contributed by atoms with Crippen molar-refractivity contribution in [3.05, 3.63) is 11.6 Å². The molecule has 0 spiro atoms. The quantitative estimate of drug-likeness (QED) is 0.604. The minimum Gasteiger partial charge on any atom is -0.478 e. The molecular formula is C7H6F6O2. The Balaban J connectivity index is 5.35. The Hall–Kier alpha value is -1.21. The van der Waals surface area contributed by atoms with Crippen LogP contribution in [-0.4, -0.2) is 29.3 Å². The molecule has 1 N–H and O–H groups in total. The molecule has 0 aromatic carbocycles. The van der Waals surface area contributed by atoms with Gasteiger partial charge in [-0.25, -0.2) is 18.0 Å². The van der Waals surface area contributed by atoms with E-state index in [1.54, 1.807) is 0 Å². The Morgan fingerprint density at radius 1 is 1.27 bits per heavy atom. The van der Waals surface area contributed by atoms with Gasteiger partial charge < -0.3 is 5.11 Å². The molecule has 0 amide bonds. The van der Waals surface area contributed by atoms with Crippen LogP contribution in [0.3, 0.4) is 0 Å². The number of hydrogen-bond donors (Lipinski definition) is 1. The molecule has 0 aliphatic rings. The van der Waals surface area contributed by atoms with Gasteiger partial charge in [0.05, 0.1) is 0 Å². The maximum absolute atomic E-state index is 12.8. The number of aliphatic carboxylic acids is 1. The molecule has 0 aromatic heterocycles. The van der Waals surface area contributed by atoms with Crippen molar-refractivity contribution >= 4 is 5.97 Å². The molecule has 0 radical (unpaired) electrons. The van der Waals surface area contributed by atoms with Crippen LogP contribution in [-0.2, 0) is 4.79 Å². The van der Waals surface area contributed by atoms with Crippen LogP contribution in [0.1, 0.15) is 6.92 Å². The largest absolute Gasteiger partial charge is 0.478 e. The Morgan fingerprint density at radius 3 is 1.87 bits per heavy atom. The van der Waals surface area contributed by atoms with Crippen LogP contribution in [0.4, 0.5) is 26.3 Å². The number of hydrogen-bond acceptors (Lipinski definition) is 1. The molecule has 15 heavy (non-hydrogen) atoms. The molecule has 0 saturated heterocycles. The van der Waals surface area contributed by atoms with Crippen LogP contribution in [0, 0.1) is 0 Å². The molecular weight excluding hydrogens is 230 g/mol. The summed E-state index contributed by atoms with van der Waals surface area (Å²) >= 11 is 0. The van der Waals surface area contributed by atoms with Gasteiger partial charge in [-0.1, -0.05) is 0 Å². The lowest BCUT2D eigenvalue weighted by Gasteiger charge is -2.24. The Kier molecular flexibility index (Phi) is 3.78. The van der Waals surface area contributed by atoms with Gasteiger partial charge in [-0.3, -0.25) is 0 Å². The fourth-order valence-corrected chi connectivity index (χ4v) is 0.645. The molecule has 0 heterocycles. The van der Waals surface area contributed by atoms with Crippen LogP contribution in [0.25, 0.3) is 0 Å². The lowest BCUT2D eigenvalue weighted by molar-refractivity contribution is -0.247. The van der Waals surface area contributed by atoms with Gasteiger partial charge in [0.2, 0.25) is 0 Å². The van der Waals surface area contributed by atoms with Crippen molar-refractivity contribution in [3.63, 3.8) is 0 Å². The Labute approximate surface area is 80.2 Å². The summed E-state index contributed by atoms with van der Waals surface area (Å²) in [6.07, 6.45) is -10.9. The number of carboxylic acid groups (broad SMARTS) is 1. The van der Waals surface area contributed by atoms with Gasteiger partial charge in [0.25, 0.3) is 12.1 Å². The molecule has 0 bridgehead atoms. The molecule has 88 valence electrons. The van der Waals surface area contributed by atoms with E-state index in [4.69, 9.17) is 5.11 Å². The average molecular weight is 236 g/mol. The van der Waals surface area contributed by atoms with E-state index in [0.29, 0.717) is 6.92 Å². The zero-order chi connectivity index (χ0) is 12.4. The summed E-state index contributed by atoms with van der Waals surface area (Å²) in [6, 6.07) is 0. The number of halogens is 6. The highest BCUT2D eigenvalue weighted by Gasteiger charge is 2.61. The van der Waals surface area contributed by atoms with Crippen LogP contribution >= 0.6 is 0 Å². The first-order valence-electron chi connectivity index (χ1n) is 3.49. The van der Waals surface area contributed by atoms with Gasteiger partial charge in [0, 0.05) is 5.57 Å². The first-order valence-corrected chi connectivity index (χ1v) is 3.49. The summed E-state index contributed by atoms with van der Waals surface area (Å²) in [5.74, 6) is -1.90. The molecule has 1 atom stereocenters. The summed E-state index contributed by atoms with van der Waals surface area (Å²) in [6.45, 7) is 0.588. The summed E-state index contributed by atoms with van der Waals surface area (Å²) < 4.78 is 72.2. The van der Waals surface area contributed by atoms with Crippen molar-refractivity contribution in [1.82, 2.24) is 0 Å². The third kappa shape index (κ3) is 2.87. The zero-order valence-corrected chi connectivity index (χ0v) is 7.28. The van der Waals surface area contributed by atoms with Crippen LogP contribution < -0.4 is 0 Å². The predicted molar refractivity (Wildman–Crippen MR) is 37.3 cm³/mol. The summed E-state index contributed by atoms with van der Waals surface area (Å²) in [7, 11) is 0. The first-order chi connectivity index (χ1) is 6.52. The standard InChI is InChI=1S/C7H6F6O2/c1-3(4(14)15)2-6(10,5(8)9)7(11,12)13/h2,5H,1H3,(H,14,15)/b3-2+. The second-order valence-electron chi connectivity index (χ2n) is 2.70. The van der Waals surface area contributed by atoms with Crippen molar-refractivity contribution in [2.75, 3.05) is 0 Å². The number of carboxylic acids is 1. The predicted octanol–water partition coefficient (Wildman–Crippen LogP) is 2.55. The highest BCUT2D eigenvalue weighted by Crippen LogP contribution is 2.40. The van der Waals surface area contributed by atoms with E-state index < -0.39 is 35.9 Å². The topological polar surface area (TPSA) is 37.3 Å². The molecule has 1 unspecified atom stereocenters. The highest BCUT2D eigenvalue weighted by atomic mass is 19.4. The molecule has 0 fully saturated rings. The van der Waals surface area contributed by atoms with Crippen molar-refractivity contribution in [1.29, 1.82) is 0 Å². The molecule has 8 heteroatoms. The number of carbonyl (C=O) groups is 1. The van der Waals surface area contributed by atoms with Gasteiger partial charge in [0.15, 0.2) is 0 Å². The van der Waals surface area contributed by atoms with Gasteiger partial charge in [-0.15, -0.1) is 0 Å². The van der Waals surface area contributed by atoms with E-state index in [0.717, 1.165) is 0 Å². The maximum Gasteiger partial charge on any atom is 0.431 e. The van der Waals surface area contributed by atoms with Crippen molar-refractivity contribution in [2.45, 2.75) is 25.2 Å². The number of rotatable bonds is 3. The third-order valence-corrected chi connectivity index (χ3v) is 1.52. The fraction of sp³-hybridized carbons (Fsp3) is 0.571. The molecule has 2 nitrogen and oxygen atoms in total. The van der Waals surface area contributed by atoms with Crippen LogP contribution in [0.15, 0.2) is 11.6 Å². The van der Waals surface area contributed by atoms with Gasteiger partial charge in [0.1, 0.15) is 0 Å². The second-order valence-corrected chi connectivity index (χ2v) is 2.70.